The van der Waals surface area contributed by atoms with Gasteiger partial charge in [-0.25, -0.2) is 4.98 Å². The topological polar surface area (TPSA) is 25.8 Å². The van der Waals surface area contributed by atoms with Gasteiger partial charge in [0.25, 0.3) is 0 Å². The van der Waals surface area contributed by atoms with Gasteiger partial charge in [-0.3, -0.25) is 4.98 Å². The van der Waals surface area contributed by atoms with E-state index < -0.39 is 0 Å². The first-order chi connectivity index (χ1) is 9.55. The summed E-state index contributed by atoms with van der Waals surface area (Å²) in [6, 6.07) is 10.4. The molecule has 1 fully saturated rings. The largest absolute Gasteiger partial charge is 0.251 e. The number of halogens is 1. The first-order valence-corrected chi connectivity index (χ1v) is 7.98. The summed E-state index contributed by atoms with van der Waals surface area (Å²) in [5, 5.41) is 0. The highest BCUT2D eigenvalue weighted by atomic mass is 79.9. The van der Waals surface area contributed by atoms with Gasteiger partial charge in [-0.1, -0.05) is 26.0 Å². The number of pyridine rings is 2. The summed E-state index contributed by atoms with van der Waals surface area (Å²) in [7, 11) is 0. The maximum absolute atomic E-state index is 4.89. The monoisotopic (exact) mass is 328 g/mol. The smallest absolute Gasteiger partial charge is 0.106 e. The molecule has 2 aromatic heterocycles. The van der Waals surface area contributed by atoms with Gasteiger partial charge in [-0.15, -0.1) is 0 Å². The van der Waals surface area contributed by atoms with Crippen molar-refractivity contribution in [1.82, 2.24) is 9.97 Å². The van der Waals surface area contributed by atoms with E-state index in [1.165, 1.54) is 17.7 Å². The van der Waals surface area contributed by atoms with E-state index in [4.69, 9.17) is 4.98 Å². The zero-order valence-electron chi connectivity index (χ0n) is 11.7. The maximum Gasteiger partial charge on any atom is 0.106 e. The van der Waals surface area contributed by atoms with Crippen LogP contribution in [-0.4, -0.2) is 9.97 Å². The molecule has 0 spiro atoms. The minimum absolute atomic E-state index is 0.463. The van der Waals surface area contributed by atoms with E-state index in [0.29, 0.717) is 11.3 Å². The molecule has 2 aromatic rings. The lowest BCUT2D eigenvalue weighted by Gasteiger charge is -2.56. The Labute approximate surface area is 127 Å². The standard InChI is InChI=1S/C17H17BrN2/c1-17(2)10-8-12(17)11-6-7-14(19-15(11)9-10)13-4-3-5-16(18)20-13/h3-7,10,12H,8-9H2,1-2H3/t10-,12+/m1/s1. The van der Waals surface area contributed by atoms with E-state index in [-0.39, 0.29) is 0 Å². The Kier molecular flexibility index (Phi) is 2.59. The SMILES string of the molecule is CC1(C)[C@H]2Cc3nc(-c4cccc(Br)n4)ccc3[C@@H]1C2. The molecule has 2 bridgehead atoms. The molecule has 20 heavy (non-hydrogen) atoms. The lowest BCUT2D eigenvalue weighted by Crippen LogP contribution is -2.48. The minimum Gasteiger partial charge on any atom is -0.251 e. The molecule has 0 saturated heterocycles. The van der Waals surface area contributed by atoms with Gasteiger partial charge >= 0.3 is 0 Å². The van der Waals surface area contributed by atoms with E-state index in [2.05, 4.69) is 46.9 Å². The Bertz CT molecular complexity index is 693. The highest BCUT2D eigenvalue weighted by molar-refractivity contribution is 9.10. The molecule has 0 N–H and O–H groups in total. The summed E-state index contributed by atoms with van der Waals surface area (Å²) in [5.41, 5.74) is 5.16. The Hall–Kier alpha value is -1.22. The van der Waals surface area contributed by atoms with Gasteiger partial charge in [-0.05, 0) is 69.8 Å². The van der Waals surface area contributed by atoms with Crippen LogP contribution >= 0.6 is 15.9 Å². The van der Waals surface area contributed by atoms with Crippen molar-refractivity contribution < 1.29 is 0 Å². The quantitative estimate of drug-likeness (QED) is 0.715. The number of hydrogen-bond acceptors (Lipinski definition) is 2. The third kappa shape index (κ3) is 1.69. The third-order valence-electron chi connectivity index (χ3n) is 5.27. The number of nitrogens with zero attached hydrogens (tertiary/aromatic N) is 2. The van der Waals surface area contributed by atoms with Gasteiger partial charge in [0.05, 0.1) is 11.4 Å². The molecule has 0 aliphatic heterocycles. The molecule has 3 aliphatic rings. The average molecular weight is 329 g/mol. The first-order valence-electron chi connectivity index (χ1n) is 7.18. The molecule has 0 amide bonds. The first kappa shape index (κ1) is 12.5. The van der Waals surface area contributed by atoms with Crippen LogP contribution in [0.3, 0.4) is 0 Å². The van der Waals surface area contributed by atoms with Crippen LogP contribution in [0.1, 0.15) is 37.4 Å². The van der Waals surface area contributed by atoms with Crippen LogP contribution in [-0.2, 0) is 6.42 Å². The fourth-order valence-electron chi connectivity index (χ4n) is 3.81. The number of hydrogen-bond donors (Lipinski definition) is 0. The molecule has 102 valence electrons. The Morgan fingerprint density at radius 2 is 1.90 bits per heavy atom. The average Bonchev–Trinajstić information content (AvgIpc) is 2.45. The van der Waals surface area contributed by atoms with Crippen LogP contribution in [0.15, 0.2) is 34.9 Å². The van der Waals surface area contributed by atoms with Crippen molar-refractivity contribution in [1.29, 1.82) is 0 Å². The Morgan fingerprint density at radius 1 is 1.10 bits per heavy atom. The molecule has 2 heterocycles. The molecule has 2 atom stereocenters. The third-order valence-corrected chi connectivity index (χ3v) is 5.71. The summed E-state index contributed by atoms with van der Waals surface area (Å²) < 4.78 is 0.860. The van der Waals surface area contributed by atoms with Gasteiger partial charge in [0, 0.05) is 5.69 Å². The summed E-state index contributed by atoms with van der Waals surface area (Å²) in [6.07, 6.45) is 2.47. The highest BCUT2D eigenvalue weighted by Crippen LogP contribution is 2.61. The van der Waals surface area contributed by atoms with Crippen LogP contribution in [0, 0.1) is 11.3 Å². The van der Waals surface area contributed by atoms with E-state index >= 15 is 0 Å². The molecule has 5 rings (SSSR count). The van der Waals surface area contributed by atoms with Crippen LogP contribution in [0.2, 0.25) is 0 Å². The van der Waals surface area contributed by atoms with Gasteiger partial charge < -0.3 is 0 Å². The molecule has 3 aliphatic carbocycles. The van der Waals surface area contributed by atoms with E-state index in [0.717, 1.165) is 28.3 Å². The predicted molar refractivity (Wildman–Crippen MR) is 83.5 cm³/mol. The van der Waals surface area contributed by atoms with Crippen LogP contribution in [0.25, 0.3) is 11.4 Å². The van der Waals surface area contributed by atoms with Crippen LogP contribution in [0.4, 0.5) is 0 Å². The fourth-order valence-corrected chi connectivity index (χ4v) is 4.15. The Morgan fingerprint density at radius 3 is 2.65 bits per heavy atom. The molecule has 2 nitrogen and oxygen atoms in total. The molecule has 0 unspecified atom stereocenters. The summed E-state index contributed by atoms with van der Waals surface area (Å²) in [4.78, 5) is 9.39. The molecular formula is C17H17BrN2. The molecule has 3 heteroatoms. The molecule has 1 saturated carbocycles. The van der Waals surface area contributed by atoms with E-state index in [1.807, 2.05) is 18.2 Å². The summed E-state index contributed by atoms with van der Waals surface area (Å²) in [6.45, 7) is 4.80. The second kappa shape index (κ2) is 4.14. The number of rotatable bonds is 1. The lowest BCUT2D eigenvalue weighted by atomic mass is 9.48. The predicted octanol–water partition coefficient (Wildman–Crippen LogP) is 4.59. The summed E-state index contributed by atoms with van der Waals surface area (Å²) >= 11 is 3.43. The Balaban J connectivity index is 1.77. The van der Waals surface area contributed by atoms with Crippen molar-refractivity contribution in [2.24, 2.45) is 11.3 Å². The maximum atomic E-state index is 4.89. The lowest BCUT2D eigenvalue weighted by molar-refractivity contribution is 0.0170. The summed E-state index contributed by atoms with van der Waals surface area (Å²) in [5.74, 6) is 1.51. The van der Waals surface area contributed by atoms with Crippen molar-refractivity contribution in [3.8, 4) is 11.4 Å². The van der Waals surface area contributed by atoms with Crippen LogP contribution in [0.5, 0.6) is 0 Å². The zero-order chi connectivity index (χ0) is 13.9. The van der Waals surface area contributed by atoms with Gasteiger partial charge in [0.15, 0.2) is 0 Å². The van der Waals surface area contributed by atoms with Crippen molar-refractivity contribution in [2.75, 3.05) is 0 Å². The van der Waals surface area contributed by atoms with Crippen molar-refractivity contribution in [2.45, 2.75) is 32.6 Å². The normalized spacial score (nSPS) is 25.8. The van der Waals surface area contributed by atoms with Crippen molar-refractivity contribution in [3.05, 3.63) is 46.2 Å². The zero-order valence-corrected chi connectivity index (χ0v) is 13.3. The van der Waals surface area contributed by atoms with Gasteiger partial charge in [-0.2, -0.15) is 0 Å². The number of aromatic nitrogens is 2. The van der Waals surface area contributed by atoms with Gasteiger partial charge in [0.2, 0.25) is 0 Å². The van der Waals surface area contributed by atoms with Gasteiger partial charge in [0.1, 0.15) is 4.60 Å². The second-order valence-corrected chi connectivity index (χ2v) is 7.40. The minimum atomic E-state index is 0.463. The van der Waals surface area contributed by atoms with E-state index in [9.17, 15) is 0 Å². The molecular weight excluding hydrogens is 312 g/mol. The molecule has 0 radical (unpaired) electrons. The van der Waals surface area contributed by atoms with Crippen molar-refractivity contribution >= 4 is 15.9 Å². The second-order valence-electron chi connectivity index (χ2n) is 6.59. The van der Waals surface area contributed by atoms with Crippen molar-refractivity contribution in [3.63, 3.8) is 0 Å². The fraction of sp³-hybridized carbons (Fsp3) is 0.412. The van der Waals surface area contributed by atoms with E-state index in [1.54, 1.807) is 0 Å². The van der Waals surface area contributed by atoms with Crippen LogP contribution < -0.4 is 0 Å². The molecule has 0 aromatic carbocycles. The highest BCUT2D eigenvalue weighted by Gasteiger charge is 2.52.